The number of aromatic nitrogens is 2. The minimum absolute atomic E-state index is 0.0978. The van der Waals surface area contributed by atoms with Gasteiger partial charge in [0.25, 0.3) is 0 Å². The van der Waals surface area contributed by atoms with Crippen LogP contribution in [0.5, 0.6) is 0 Å². The summed E-state index contributed by atoms with van der Waals surface area (Å²) >= 11 is 0. The van der Waals surface area contributed by atoms with E-state index in [1.165, 1.54) is 12.3 Å². The molecule has 3 nitrogen and oxygen atoms in total. The van der Waals surface area contributed by atoms with E-state index in [2.05, 4.69) is 5.10 Å². The van der Waals surface area contributed by atoms with Gasteiger partial charge in [-0.3, -0.25) is 9.48 Å². The van der Waals surface area contributed by atoms with Crippen molar-refractivity contribution in [3.63, 3.8) is 0 Å². The number of nitrogens with zero attached hydrogens (tertiary/aromatic N) is 2. The van der Waals surface area contributed by atoms with Crippen molar-refractivity contribution in [3.8, 4) is 0 Å². The van der Waals surface area contributed by atoms with Crippen molar-refractivity contribution >= 4 is 5.78 Å². The summed E-state index contributed by atoms with van der Waals surface area (Å²) in [5, 5.41) is 4.01. The van der Waals surface area contributed by atoms with Gasteiger partial charge in [0.15, 0.2) is 5.78 Å². The van der Waals surface area contributed by atoms with Crippen LogP contribution in [0.25, 0.3) is 0 Å². The monoisotopic (exact) mass is 232 g/mol. The topological polar surface area (TPSA) is 34.9 Å². The van der Waals surface area contributed by atoms with Gasteiger partial charge < -0.3 is 0 Å². The fourth-order valence-corrected chi connectivity index (χ4v) is 1.63. The second-order valence-corrected chi connectivity index (χ2v) is 3.85. The molecule has 0 aliphatic heterocycles. The molecule has 0 amide bonds. The lowest BCUT2D eigenvalue weighted by Gasteiger charge is -2.02. The third-order valence-electron chi connectivity index (χ3n) is 2.66. The number of carbonyl (C=O) groups is 1. The highest BCUT2D eigenvalue weighted by Gasteiger charge is 2.16. The Morgan fingerprint density at radius 3 is 2.88 bits per heavy atom. The SMILES string of the molecule is CCn1cc(C(=O)c2cccc(C)c2F)cn1. The Morgan fingerprint density at radius 2 is 2.24 bits per heavy atom. The molecule has 1 aromatic carbocycles. The van der Waals surface area contributed by atoms with Crippen LogP contribution in [-0.2, 0) is 6.54 Å². The minimum atomic E-state index is -0.457. The highest BCUT2D eigenvalue weighted by Crippen LogP contribution is 2.16. The lowest BCUT2D eigenvalue weighted by molar-refractivity contribution is 0.103. The third kappa shape index (κ3) is 2.11. The molecule has 17 heavy (non-hydrogen) atoms. The average Bonchev–Trinajstić information content (AvgIpc) is 2.80. The summed E-state index contributed by atoms with van der Waals surface area (Å²) in [4.78, 5) is 12.1. The minimum Gasteiger partial charge on any atom is -0.288 e. The van der Waals surface area contributed by atoms with Gasteiger partial charge in [0.1, 0.15) is 5.82 Å². The normalized spacial score (nSPS) is 10.5. The van der Waals surface area contributed by atoms with Crippen LogP contribution < -0.4 is 0 Å². The Morgan fingerprint density at radius 1 is 1.47 bits per heavy atom. The number of benzene rings is 1. The molecular formula is C13H13FN2O. The van der Waals surface area contributed by atoms with E-state index in [1.807, 2.05) is 6.92 Å². The molecule has 4 heteroatoms. The predicted molar refractivity (Wildman–Crippen MR) is 62.5 cm³/mol. The van der Waals surface area contributed by atoms with E-state index in [0.717, 1.165) is 0 Å². The Kier molecular flexibility index (Phi) is 3.04. The van der Waals surface area contributed by atoms with Gasteiger partial charge in [-0.1, -0.05) is 12.1 Å². The fourth-order valence-electron chi connectivity index (χ4n) is 1.63. The summed E-state index contributed by atoms with van der Waals surface area (Å²) < 4.78 is 15.4. The van der Waals surface area contributed by atoms with E-state index >= 15 is 0 Å². The number of ketones is 1. The highest BCUT2D eigenvalue weighted by atomic mass is 19.1. The number of halogens is 1. The van der Waals surface area contributed by atoms with Crippen molar-refractivity contribution in [1.29, 1.82) is 0 Å². The van der Waals surface area contributed by atoms with E-state index in [9.17, 15) is 9.18 Å². The van der Waals surface area contributed by atoms with E-state index in [1.54, 1.807) is 29.9 Å². The molecule has 2 rings (SSSR count). The second-order valence-electron chi connectivity index (χ2n) is 3.85. The van der Waals surface area contributed by atoms with Crippen LogP contribution in [0, 0.1) is 12.7 Å². The molecule has 0 unspecified atom stereocenters. The summed E-state index contributed by atoms with van der Waals surface area (Å²) in [5.74, 6) is -0.785. The summed E-state index contributed by atoms with van der Waals surface area (Å²) in [6.07, 6.45) is 3.09. The molecule has 1 aromatic heterocycles. The molecule has 0 aliphatic carbocycles. The first kappa shape index (κ1) is 11.5. The van der Waals surface area contributed by atoms with Gasteiger partial charge in [-0.25, -0.2) is 4.39 Å². The van der Waals surface area contributed by atoms with Crippen molar-refractivity contribution in [2.75, 3.05) is 0 Å². The van der Waals surface area contributed by atoms with Crippen LogP contribution in [0.3, 0.4) is 0 Å². The molecule has 0 saturated heterocycles. The molecule has 0 spiro atoms. The maximum absolute atomic E-state index is 13.8. The lowest BCUT2D eigenvalue weighted by atomic mass is 10.0. The van der Waals surface area contributed by atoms with Crippen molar-refractivity contribution < 1.29 is 9.18 Å². The molecule has 0 bridgehead atoms. The quantitative estimate of drug-likeness (QED) is 0.762. The van der Waals surface area contributed by atoms with Crippen LogP contribution >= 0.6 is 0 Å². The Labute approximate surface area is 98.9 Å². The Bertz CT molecular complexity index is 560. The molecule has 0 radical (unpaired) electrons. The first-order valence-electron chi connectivity index (χ1n) is 5.45. The number of aryl methyl sites for hydroxylation is 2. The lowest BCUT2D eigenvalue weighted by Crippen LogP contribution is -2.04. The van der Waals surface area contributed by atoms with Crippen LogP contribution in [0.15, 0.2) is 30.6 Å². The van der Waals surface area contributed by atoms with Crippen molar-refractivity contribution in [3.05, 3.63) is 53.1 Å². The summed E-state index contributed by atoms with van der Waals surface area (Å²) in [5.41, 5.74) is 0.982. The van der Waals surface area contributed by atoms with Crippen molar-refractivity contribution in [2.24, 2.45) is 0 Å². The summed E-state index contributed by atoms with van der Waals surface area (Å²) in [6, 6.07) is 4.81. The number of hydrogen-bond donors (Lipinski definition) is 0. The fraction of sp³-hybridized carbons (Fsp3) is 0.231. The van der Waals surface area contributed by atoms with E-state index in [-0.39, 0.29) is 11.3 Å². The first-order chi connectivity index (χ1) is 8.13. The first-order valence-corrected chi connectivity index (χ1v) is 5.45. The van der Waals surface area contributed by atoms with E-state index in [4.69, 9.17) is 0 Å². The van der Waals surface area contributed by atoms with Crippen LogP contribution in [-0.4, -0.2) is 15.6 Å². The maximum Gasteiger partial charge on any atom is 0.199 e. The molecule has 0 saturated carbocycles. The van der Waals surface area contributed by atoms with Gasteiger partial charge in [-0.05, 0) is 25.5 Å². The third-order valence-corrected chi connectivity index (χ3v) is 2.66. The summed E-state index contributed by atoms with van der Waals surface area (Å²) in [6.45, 7) is 4.25. The second kappa shape index (κ2) is 4.49. The molecule has 1 heterocycles. The standard InChI is InChI=1S/C13H13FN2O/c1-3-16-8-10(7-15-16)13(17)11-6-4-5-9(2)12(11)14/h4-8H,3H2,1-2H3. The Hall–Kier alpha value is -1.97. The molecular weight excluding hydrogens is 219 g/mol. The largest absolute Gasteiger partial charge is 0.288 e. The van der Waals surface area contributed by atoms with Gasteiger partial charge in [0.05, 0.1) is 17.3 Å². The van der Waals surface area contributed by atoms with Gasteiger partial charge in [0, 0.05) is 12.7 Å². The number of carbonyl (C=O) groups excluding carboxylic acids is 1. The molecule has 2 aromatic rings. The van der Waals surface area contributed by atoms with Crippen LogP contribution in [0.1, 0.15) is 28.4 Å². The molecule has 88 valence electrons. The maximum atomic E-state index is 13.8. The number of rotatable bonds is 3. The zero-order chi connectivity index (χ0) is 12.4. The van der Waals surface area contributed by atoms with Crippen LogP contribution in [0.2, 0.25) is 0 Å². The van der Waals surface area contributed by atoms with E-state index in [0.29, 0.717) is 17.7 Å². The molecule has 0 N–H and O–H groups in total. The van der Waals surface area contributed by atoms with Gasteiger partial charge in [0.2, 0.25) is 0 Å². The van der Waals surface area contributed by atoms with E-state index < -0.39 is 5.82 Å². The highest BCUT2D eigenvalue weighted by molar-refractivity contribution is 6.08. The van der Waals surface area contributed by atoms with Crippen molar-refractivity contribution in [2.45, 2.75) is 20.4 Å². The molecule has 0 aliphatic rings. The number of hydrogen-bond acceptors (Lipinski definition) is 2. The Balaban J connectivity index is 2.40. The molecule has 0 atom stereocenters. The predicted octanol–water partition coefficient (Wildman–Crippen LogP) is 2.58. The van der Waals surface area contributed by atoms with Gasteiger partial charge in [-0.2, -0.15) is 5.10 Å². The molecule has 0 fully saturated rings. The smallest absolute Gasteiger partial charge is 0.199 e. The zero-order valence-corrected chi connectivity index (χ0v) is 9.77. The average molecular weight is 232 g/mol. The van der Waals surface area contributed by atoms with Crippen LogP contribution in [0.4, 0.5) is 4.39 Å². The van der Waals surface area contributed by atoms with Crippen molar-refractivity contribution in [1.82, 2.24) is 9.78 Å². The zero-order valence-electron chi connectivity index (χ0n) is 9.77. The summed E-state index contributed by atoms with van der Waals surface area (Å²) in [7, 11) is 0. The van der Waals surface area contributed by atoms with Gasteiger partial charge >= 0.3 is 0 Å². The van der Waals surface area contributed by atoms with Gasteiger partial charge in [-0.15, -0.1) is 0 Å².